The number of nitrogens with zero attached hydrogens (tertiary/aromatic N) is 2. The lowest BCUT2D eigenvalue weighted by molar-refractivity contribution is -0.688. The van der Waals surface area contributed by atoms with Crippen molar-refractivity contribution in [3.05, 3.63) is 65.5 Å². The molecule has 3 rings (SSSR count). The summed E-state index contributed by atoms with van der Waals surface area (Å²) in [7, 11) is 1.36. The van der Waals surface area contributed by atoms with Crippen molar-refractivity contribution in [2.45, 2.75) is 25.8 Å². The topological polar surface area (TPSA) is 50.5 Å². The first kappa shape index (κ1) is 20.5. The van der Waals surface area contributed by atoms with Crippen molar-refractivity contribution in [1.29, 1.82) is 0 Å². The van der Waals surface area contributed by atoms with Crippen LogP contribution >= 0.6 is 24.0 Å². The van der Waals surface area contributed by atoms with Crippen molar-refractivity contribution in [1.82, 2.24) is 4.90 Å². The normalized spacial score (nSPS) is 14.2. The van der Waals surface area contributed by atoms with Gasteiger partial charge < -0.3 is 4.74 Å². The van der Waals surface area contributed by atoms with Gasteiger partial charge in [0.15, 0.2) is 18.9 Å². The van der Waals surface area contributed by atoms with Crippen molar-refractivity contribution in [3.8, 4) is 0 Å². The summed E-state index contributed by atoms with van der Waals surface area (Å²) in [6.07, 6.45) is 3.70. The van der Waals surface area contributed by atoms with E-state index in [0.29, 0.717) is 28.5 Å². The van der Waals surface area contributed by atoms with Gasteiger partial charge in [-0.1, -0.05) is 54.3 Å². The summed E-state index contributed by atoms with van der Waals surface area (Å²) in [6, 6.07) is 11.8. The molecule has 146 valence electrons. The second-order valence-electron chi connectivity index (χ2n) is 7.12. The number of hydrogen-bond acceptors (Lipinski definition) is 5. The van der Waals surface area contributed by atoms with Gasteiger partial charge in [0.05, 0.1) is 12.5 Å². The molecule has 0 saturated carbocycles. The van der Waals surface area contributed by atoms with Gasteiger partial charge >= 0.3 is 5.97 Å². The quantitative estimate of drug-likeness (QED) is 0.427. The van der Waals surface area contributed by atoms with Crippen LogP contribution in [-0.4, -0.2) is 40.5 Å². The first-order chi connectivity index (χ1) is 13.3. The summed E-state index contributed by atoms with van der Waals surface area (Å²) in [5, 5.41) is 0. The number of carbonyl (C=O) groups excluding carboxylic acids is 2. The van der Waals surface area contributed by atoms with Crippen LogP contribution in [0.1, 0.15) is 35.3 Å². The molecule has 1 aromatic carbocycles. The lowest BCUT2D eigenvalue weighted by Crippen LogP contribution is -2.41. The molecule has 5 nitrogen and oxygen atoms in total. The largest absolute Gasteiger partial charge is 0.468 e. The second-order valence-corrected chi connectivity index (χ2v) is 8.85. The average Bonchev–Trinajstić information content (AvgIpc) is 3.13. The summed E-state index contributed by atoms with van der Waals surface area (Å²) >= 11 is 6.83. The van der Waals surface area contributed by atoms with Crippen LogP contribution in [0.4, 0.5) is 0 Å². The molecular formula is C21H23N2O3S2+. The minimum Gasteiger partial charge on any atom is -0.468 e. The number of thiocarbonyl (C=S) groups is 1. The van der Waals surface area contributed by atoms with E-state index in [1.807, 2.05) is 47.2 Å². The van der Waals surface area contributed by atoms with E-state index in [1.54, 1.807) is 24.9 Å². The maximum atomic E-state index is 13.3. The summed E-state index contributed by atoms with van der Waals surface area (Å²) in [4.78, 5) is 27.3. The number of thioether (sulfide) groups is 1. The third kappa shape index (κ3) is 4.10. The van der Waals surface area contributed by atoms with E-state index in [0.717, 1.165) is 11.3 Å². The van der Waals surface area contributed by atoms with Crippen molar-refractivity contribution in [3.63, 3.8) is 0 Å². The predicted molar refractivity (Wildman–Crippen MR) is 113 cm³/mol. The molecule has 1 saturated heterocycles. The maximum Gasteiger partial charge on any atom is 0.315 e. The number of hydrogen-bond donors (Lipinski definition) is 0. The van der Waals surface area contributed by atoms with Crippen LogP contribution in [0.3, 0.4) is 0 Å². The molecule has 1 aliphatic rings. The van der Waals surface area contributed by atoms with Gasteiger partial charge in [0.1, 0.15) is 9.88 Å². The zero-order chi connectivity index (χ0) is 20.3. The Morgan fingerprint density at radius 1 is 1.25 bits per heavy atom. The number of rotatable bonds is 5. The molecule has 2 aromatic rings. The summed E-state index contributed by atoms with van der Waals surface area (Å²) in [5.41, 5.74) is 1.27. The number of aromatic nitrogens is 1. The molecule has 0 radical (unpaired) electrons. The Morgan fingerprint density at radius 3 is 2.57 bits per heavy atom. The number of pyridine rings is 1. The highest BCUT2D eigenvalue weighted by molar-refractivity contribution is 8.23. The third-order valence-corrected chi connectivity index (χ3v) is 6.26. The molecule has 0 bridgehead atoms. The van der Waals surface area contributed by atoms with Crippen LogP contribution in [-0.2, 0) is 21.5 Å². The zero-order valence-electron chi connectivity index (χ0n) is 16.2. The summed E-state index contributed by atoms with van der Waals surface area (Å²) < 4.78 is 7.50. The first-order valence-corrected chi connectivity index (χ1v) is 10.4. The van der Waals surface area contributed by atoms with Crippen molar-refractivity contribution < 1.29 is 18.9 Å². The highest BCUT2D eigenvalue weighted by Gasteiger charge is 2.38. The Kier molecular flexibility index (Phi) is 6.15. The Labute approximate surface area is 174 Å². The zero-order valence-corrected chi connectivity index (χ0v) is 17.8. The van der Waals surface area contributed by atoms with Crippen LogP contribution in [0.15, 0.2) is 48.8 Å². The fourth-order valence-electron chi connectivity index (χ4n) is 3.23. The van der Waals surface area contributed by atoms with Gasteiger partial charge in [-0.05, 0) is 19.4 Å². The van der Waals surface area contributed by atoms with Crippen molar-refractivity contribution >= 4 is 40.2 Å². The highest BCUT2D eigenvalue weighted by atomic mass is 32.2. The van der Waals surface area contributed by atoms with Gasteiger partial charge in [-0.3, -0.25) is 14.5 Å². The van der Waals surface area contributed by atoms with E-state index in [2.05, 4.69) is 0 Å². The second kappa shape index (κ2) is 8.41. The van der Waals surface area contributed by atoms with Gasteiger partial charge in [-0.25, -0.2) is 0 Å². The molecule has 0 aliphatic carbocycles. The van der Waals surface area contributed by atoms with Gasteiger partial charge in [-0.15, -0.1) is 0 Å². The lowest BCUT2D eigenvalue weighted by Gasteiger charge is -2.25. The highest BCUT2D eigenvalue weighted by Crippen LogP contribution is 2.29. The first-order valence-electron chi connectivity index (χ1n) is 8.99. The average molecular weight is 416 g/mol. The van der Waals surface area contributed by atoms with E-state index in [-0.39, 0.29) is 11.9 Å². The summed E-state index contributed by atoms with van der Waals surface area (Å²) in [6.45, 7) is 4.74. The smallest absolute Gasteiger partial charge is 0.315 e. The van der Waals surface area contributed by atoms with Gasteiger partial charge in [0.25, 0.3) is 5.91 Å². The molecule has 1 fully saturated rings. The predicted octanol–water partition coefficient (Wildman–Crippen LogP) is 2.95. The van der Waals surface area contributed by atoms with Crippen molar-refractivity contribution in [2.24, 2.45) is 0 Å². The van der Waals surface area contributed by atoms with Gasteiger partial charge in [0, 0.05) is 23.9 Å². The Hall–Kier alpha value is -2.25. The Bertz CT molecular complexity index is 913. The fourth-order valence-corrected chi connectivity index (χ4v) is 4.44. The van der Waals surface area contributed by atoms with Crippen LogP contribution < -0.4 is 4.57 Å². The molecule has 0 spiro atoms. The molecule has 1 aromatic heterocycles. The Morgan fingerprint density at radius 2 is 1.96 bits per heavy atom. The number of amides is 1. The van der Waals surface area contributed by atoms with E-state index in [4.69, 9.17) is 17.0 Å². The standard InChI is InChI=1S/C21H23N2O3S2/c1-21(2,19(25)26-3)17-9-10-22(13-15-7-5-4-6-8-15)14-16(17)18(24)23-11-12-28-20(23)27/h4-10,14H,11-13H2,1-3H3/q+1. The number of ether oxygens (including phenoxy) is 1. The number of carbonyl (C=O) groups is 2. The lowest BCUT2D eigenvalue weighted by atomic mass is 9.82. The van der Waals surface area contributed by atoms with Crippen LogP contribution in [0.25, 0.3) is 0 Å². The van der Waals surface area contributed by atoms with E-state index >= 15 is 0 Å². The summed E-state index contributed by atoms with van der Waals surface area (Å²) in [5.74, 6) is 0.224. The maximum absolute atomic E-state index is 13.3. The van der Waals surface area contributed by atoms with Crippen LogP contribution in [0.2, 0.25) is 0 Å². The van der Waals surface area contributed by atoms with Gasteiger partial charge in [0.2, 0.25) is 0 Å². The molecule has 0 atom stereocenters. The molecule has 1 aliphatic heterocycles. The molecule has 2 heterocycles. The molecule has 28 heavy (non-hydrogen) atoms. The number of esters is 1. The molecule has 1 amide bonds. The van der Waals surface area contributed by atoms with E-state index in [1.165, 1.54) is 18.9 Å². The fraction of sp³-hybridized carbons (Fsp3) is 0.333. The number of methoxy groups -OCH3 is 1. The third-order valence-electron chi connectivity index (χ3n) is 4.83. The van der Waals surface area contributed by atoms with Gasteiger partial charge in [-0.2, -0.15) is 4.57 Å². The Balaban J connectivity index is 2.05. The molecule has 0 unspecified atom stereocenters. The number of benzene rings is 1. The molecular weight excluding hydrogens is 392 g/mol. The van der Waals surface area contributed by atoms with E-state index in [9.17, 15) is 9.59 Å². The minimum atomic E-state index is -0.958. The molecule has 7 heteroatoms. The molecule has 0 N–H and O–H groups in total. The van der Waals surface area contributed by atoms with Crippen LogP contribution in [0.5, 0.6) is 0 Å². The van der Waals surface area contributed by atoms with Crippen LogP contribution in [0, 0.1) is 0 Å². The minimum absolute atomic E-state index is 0.176. The van der Waals surface area contributed by atoms with E-state index < -0.39 is 5.41 Å². The SMILES string of the molecule is COC(=O)C(C)(C)c1cc[n+](Cc2ccccc2)cc1C(=O)N1CCSC1=S. The van der Waals surface area contributed by atoms with Crippen molar-refractivity contribution in [2.75, 3.05) is 19.4 Å². The monoisotopic (exact) mass is 415 g/mol.